The largest absolute Gasteiger partial charge is 0.256 e. The molecule has 0 atom stereocenters. The third-order valence-electron chi connectivity index (χ3n) is 3.47. The number of aryl methyl sites for hydroxylation is 1. The molecule has 0 saturated carbocycles. The fraction of sp³-hybridized carbons (Fsp3) is 0.235. The van der Waals surface area contributed by atoms with Gasteiger partial charge in [0.15, 0.2) is 0 Å². The van der Waals surface area contributed by atoms with Gasteiger partial charge in [0.1, 0.15) is 0 Å². The van der Waals surface area contributed by atoms with Crippen molar-refractivity contribution in [3.63, 3.8) is 0 Å². The van der Waals surface area contributed by atoms with Crippen molar-refractivity contribution in [1.82, 2.24) is 4.98 Å². The molecule has 0 aliphatic rings. The minimum Gasteiger partial charge on any atom is -0.256 e. The maximum absolute atomic E-state index is 4.49. The fourth-order valence-electron chi connectivity index (χ4n) is 2.36. The van der Waals surface area contributed by atoms with Gasteiger partial charge >= 0.3 is 0 Å². The van der Waals surface area contributed by atoms with Crippen LogP contribution in [0.25, 0.3) is 21.7 Å². The van der Waals surface area contributed by atoms with Crippen LogP contribution in [-0.2, 0) is 0 Å². The molecule has 0 aliphatic heterocycles. The third-order valence-corrected chi connectivity index (χ3v) is 3.47. The maximum Gasteiger partial charge on any atom is 0.0708 e. The highest BCUT2D eigenvalue weighted by Gasteiger charge is 2.03. The molecule has 1 aromatic heterocycles. The SMILES string of the molecule is Cc1cnc2cc3ccc(C(C)C)cc3cc2c1. The Morgan fingerprint density at radius 1 is 0.889 bits per heavy atom. The molecule has 18 heavy (non-hydrogen) atoms. The van der Waals surface area contributed by atoms with E-state index in [-0.39, 0.29) is 0 Å². The van der Waals surface area contributed by atoms with E-state index in [2.05, 4.69) is 62.2 Å². The molecule has 90 valence electrons. The molecular formula is C17H17N. The Morgan fingerprint density at radius 3 is 2.50 bits per heavy atom. The Kier molecular flexibility index (Phi) is 2.55. The highest BCUT2D eigenvalue weighted by atomic mass is 14.6. The van der Waals surface area contributed by atoms with Crippen molar-refractivity contribution in [3.8, 4) is 0 Å². The second kappa shape index (κ2) is 4.09. The van der Waals surface area contributed by atoms with Gasteiger partial charge in [0.05, 0.1) is 5.52 Å². The smallest absolute Gasteiger partial charge is 0.0708 e. The summed E-state index contributed by atoms with van der Waals surface area (Å²) in [5.41, 5.74) is 3.68. The summed E-state index contributed by atoms with van der Waals surface area (Å²) in [5, 5.41) is 3.80. The van der Waals surface area contributed by atoms with Crippen molar-refractivity contribution in [3.05, 3.63) is 53.7 Å². The molecule has 0 amide bonds. The lowest BCUT2D eigenvalue weighted by molar-refractivity contribution is 0.869. The molecule has 0 N–H and O–H groups in total. The van der Waals surface area contributed by atoms with Gasteiger partial charge in [0.25, 0.3) is 0 Å². The first-order valence-corrected chi connectivity index (χ1v) is 6.43. The molecule has 1 heterocycles. The normalized spacial score (nSPS) is 11.6. The van der Waals surface area contributed by atoms with Gasteiger partial charge < -0.3 is 0 Å². The van der Waals surface area contributed by atoms with Gasteiger partial charge in [0.2, 0.25) is 0 Å². The van der Waals surface area contributed by atoms with Crippen LogP contribution in [0, 0.1) is 6.92 Å². The summed E-state index contributed by atoms with van der Waals surface area (Å²) in [5.74, 6) is 0.570. The molecule has 3 aromatic rings. The minimum atomic E-state index is 0.570. The Morgan fingerprint density at radius 2 is 1.72 bits per heavy atom. The second-order valence-corrected chi connectivity index (χ2v) is 5.32. The number of aromatic nitrogens is 1. The first-order valence-electron chi connectivity index (χ1n) is 6.43. The number of hydrogen-bond acceptors (Lipinski definition) is 1. The van der Waals surface area contributed by atoms with E-state index in [1.165, 1.54) is 27.3 Å². The van der Waals surface area contributed by atoms with Gasteiger partial charge in [-0.05, 0) is 52.9 Å². The number of nitrogens with zero attached hydrogens (tertiary/aromatic N) is 1. The third kappa shape index (κ3) is 1.86. The molecule has 0 bridgehead atoms. The summed E-state index contributed by atoms with van der Waals surface area (Å²) in [6.07, 6.45) is 1.93. The van der Waals surface area contributed by atoms with E-state index in [9.17, 15) is 0 Å². The van der Waals surface area contributed by atoms with Crippen molar-refractivity contribution >= 4 is 21.7 Å². The molecule has 0 spiro atoms. The van der Waals surface area contributed by atoms with Crippen molar-refractivity contribution in [2.24, 2.45) is 0 Å². The topological polar surface area (TPSA) is 12.9 Å². The average molecular weight is 235 g/mol. The molecule has 0 radical (unpaired) electrons. The van der Waals surface area contributed by atoms with Crippen LogP contribution >= 0.6 is 0 Å². The first-order chi connectivity index (χ1) is 8.63. The lowest BCUT2D eigenvalue weighted by atomic mass is 9.98. The van der Waals surface area contributed by atoms with Gasteiger partial charge in [-0.15, -0.1) is 0 Å². The van der Waals surface area contributed by atoms with E-state index in [4.69, 9.17) is 0 Å². The molecule has 0 fully saturated rings. The van der Waals surface area contributed by atoms with Crippen LogP contribution in [0.2, 0.25) is 0 Å². The minimum absolute atomic E-state index is 0.570. The lowest BCUT2D eigenvalue weighted by Crippen LogP contribution is -1.88. The van der Waals surface area contributed by atoms with Gasteiger partial charge in [-0.25, -0.2) is 0 Å². The van der Waals surface area contributed by atoms with Gasteiger partial charge in [-0.3, -0.25) is 4.98 Å². The van der Waals surface area contributed by atoms with Gasteiger partial charge in [0, 0.05) is 11.6 Å². The Bertz CT molecular complexity index is 726. The fourth-order valence-corrected chi connectivity index (χ4v) is 2.36. The lowest BCUT2D eigenvalue weighted by Gasteiger charge is -2.08. The Balaban J connectivity index is 2.31. The van der Waals surface area contributed by atoms with Crippen LogP contribution in [0.3, 0.4) is 0 Å². The maximum atomic E-state index is 4.49. The zero-order valence-corrected chi connectivity index (χ0v) is 11.1. The molecule has 3 rings (SSSR count). The molecular weight excluding hydrogens is 218 g/mol. The van der Waals surface area contributed by atoms with Crippen molar-refractivity contribution in [2.75, 3.05) is 0 Å². The van der Waals surface area contributed by atoms with Crippen molar-refractivity contribution < 1.29 is 0 Å². The highest BCUT2D eigenvalue weighted by molar-refractivity contribution is 5.96. The predicted molar refractivity (Wildman–Crippen MR) is 78.1 cm³/mol. The number of benzene rings is 2. The van der Waals surface area contributed by atoms with E-state index in [0.29, 0.717) is 5.92 Å². The Hall–Kier alpha value is -1.89. The van der Waals surface area contributed by atoms with Gasteiger partial charge in [-0.2, -0.15) is 0 Å². The van der Waals surface area contributed by atoms with E-state index < -0.39 is 0 Å². The first kappa shape index (κ1) is 11.2. The van der Waals surface area contributed by atoms with Crippen LogP contribution in [0.5, 0.6) is 0 Å². The zero-order chi connectivity index (χ0) is 12.7. The van der Waals surface area contributed by atoms with Crippen molar-refractivity contribution in [2.45, 2.75) is 26.7 Å². The highest BCUT2D eigenvalue weighted by Crippen LogP contribution is 2.25. The molecule has 2 aromatic carbocycles. The van der Waals surface area contributed by atoms with Crippen LogP contribution < -0.4 is 0 Å². The number of rotatable bonds is 1. The van der Waals surface area contributed by atoms with Crippen LogP contribution in [-0.4, -0.2) is 4.98 Å². The summed E-state index contributed by atoms with van der Waals surface area (Å²) in [6, 6.07) is 13.3. The average Bonchev–Trinajstić information content (AvgIpc) is 2.35. The molecule has 1 nitrogen and oxygen atoms in total. The number of fused-ring (bicyclic) bond motifs is 2. The summed E-state index contributed by atoms with van der Waals surface area (Å²) < 4.78 is 0. The zero-order valence-electron chi connectivity index (χ0n) is 11.1. The second-order valence-electron chi connectivity index (χ2n) is 5.32. The summed E-state index contributed by atoms with van der Waals surface area (Å²) >= 11 is 0. The Labute approximate surface area is 107 Å². The van der Waals surface area contributed by atoms with Crippen LogP contribution in [0.1, 0.15) is 30.9 Å². The van der Waals surface area contributed by atoms with Crippen molar-refractivity contribution in [1.29, 1.82) is 0 Å². The van der Waals surface area contributed by atoms with E-state index in [1.807, 2.05) is 6.20 Å². The molecule has 0 saturated heterocycles. The standard InChI is InChI=1S/C17H17N/c1-11(2)13-4-5-14-9-17-16(8-15(14)7-13)6-12(3)10-18-17/h4-11H,1-3H3. The number of pyridine rings is 1. The number of hydrogen-bond donors (Lipinski definition) is 0. The molecule has 1 heteroatoms. The monoisotopic (exact) mass is 235 g/mol. The summed E-state index contributed by atoms with van der Waals surface area (Å²) in [4.78, 5) is 4.49. The summed E-state index contributed by atoms with van der Waals surface area (Å²) in [6.45, 7) is 6.54. The van der Waals surface area contributed by atoms with E-state index in [0.717, 1.165) is 5.52 Å². The van der Waals surface area contributed by atoms with Gasteiger partial charge in [-0.1, -0.05) is 32.0 Å². The summed E-state index contributed by atoms with van der Waals surface area (Å²) in [7, 11) is 0. The molecule has 0 aliphatic carbocycles. The quantitative estimate of drug-likeness (QED) is 0.551. The van der Waals surface area contributed by atoms with E-state index >= 15 is 0 Å². The molecule has 0 unspecified atom stereocenters. The van der Waals surface area contributed by atoms with Crippen LogP contribution in [0.15, 0.2) is 42.6 Å². The predicted octanol–water partition coefficient (Wildman–Crippen LogP) is 4.82. The van der Waals surface area contributed by atoms with E-state index in [1.54, 1.807) is 0 Å². The van der Waals surface area contributed by atoms with Crippen LogP contribution in [0.4, 0.5) is 0 Å².